The van der Waals surface area contributed by atoms with Gasteiger partial charge in [-0.05, 0) is 12.1 Å². The molecule has 0 saturated carbocycles. The van der Waals surface area contributed by atoms with E-state index < -0.39 is 41.0 Å². The predicted octanol–water partition coefficient (Wildman–Crippen LogP) is 4.16. The molecular formula is C13H12F4N2O4. The highest BCUT2D eigenvalue weighted by molar-refractivity contribution is 5.88. The monoisotopic (exact) mass is 336 g/mol. The van der Waals surface area contributed by atoms with Crippen LogP contribution in [-0.4, -0.2) is 24.5 Å². The number of carbonyl (C=O) groups excluding carboxylic acids is 1. The quantitative estimate of drug-likeness (QED) is 0.288. The lowest BCUT2D eigenvalue weighted by molar-refractivity contribution is -0.274. The molecule has 6 nitrogen and oxygen atoms in total. The molecule has 0 aliphatic rings. The smallest absolute Gasteiger partial charge is 0.510 e. The number of aliphatic hydroxyl groups excluding tert-OH is 1. The summed E-state index contributed by atoms with van der Waals surface area (Å²) in [5.41, 5.74) is -0.991. The van der Waals surface area contributed by atoms with Crippen LogP contribution in [0.1, 0.15) is 13.3 Å². The van der Waals surface area contributed by atoms with Gasteiger partial charge in [0.1, 0.15) is 17.2 Å². The van der Waals surface area contributed by atoms with Gasteiger partial charge in [0.2, 0.25) is 5.70 Å². The van der Waals surface area contributed by atoms with E-state index in [1.54, 1.807) is 0 Å². The van der Waals surface area contributed by atoms with Crippen LogP contribution in [-0.2, 0) is 9.53 Å². The van der Waals surface area contributed by atoms with E-state index in [9.17, 15) is 27.5 Å². The van der Waals surface area contributed by atoms with E-state index in [0.29, 0.717) is 6.07 Å². The fourth-order valence-electron chi connectivity index (χ4n) is 1.35. The minimum atomic E-state index is -4.96. The van der Waals surface area contributed by atoms with E-state index in [2.05, 4.69) is 19.7 Å². The predicted molar refractivity (Wildman–Crippen MR) is 69.6 cm³/mol. The fourth-order valence-corrected chi connectivity index (χ4v) is 1.35. The molecule has 0 saturated heterocycles. The van der Waals surface area contributed by atoms with E-state index >= 15 is 0 Å². The summed E-state index contributed by atoms with van der Waals surface area (Å²) in [4.78, 5) is 11.4. The van der Waals surface area contributed by atoms with Gasteiger partial charge in [-0.3, -0.25) is 0 Å². The molecule has 0 unspecified atom stereocenters. The normalized spacial score (nSPS) is 13.0. The molecule has 126 valence electrons. The maximum atomic E-state index is 13.6. The van der Waals surface area contributed by atoms with Crippen LogP contribution < -0.4 is 4.74 Å². The van der Waals surface area contributed by atoms with Gasteiger partial charge in [0.25, 0.3) is 0 Å². The number of hydrogen-bond acceptors (Lipinski definition) is 6. The van der Waals surface area contributed by atoms with Crippen LogP contribution in [0.4, 0.5) is 23.2 Å². The van der Waals surface area contributed by atoms with Crippen molar-refractivity contribution in [2.45, 2.75) is 19.7 Å². The third-order valence-corrected chi connectivity index (χ3v) is 2.40. The van der Waals surface area contributed by atoms with Crippen molar-refractivity contribution >= 4 is 11.7 Å². The summed E-state index contributed by atoms with van der Waals surface area (Å²) >= 11 is 0. The maximum absolute atomic E-state index is 13.6. The number of benzene rings is 1. The highest BCUT2D eigenvalue weighted by Gasteiger charge is 2.31. The molecule has 0 spiro atoms. The van der Waals surface area contributed by atoms with Crippen LogP contribution in [0, 0.1) is 5.82 Å². The van der Waals surface area contributed by atoms with Gasteiger partial charge < -0.3 is 14.6 Å². The summed E-state index contributed by atoms with van der Waals surface area (Å²) in [6.07, 6.45) is -4.91. The number of halogens is 4. The molecule has 23 heavy (non-hydrogen) atoms. The summed E-state index contributed by atoms with van der Waals surface area (Å²) in [6, 6.07) is 2.16. The van der Waals surface area contributed by atoms with Crippen LogP contribution in [0.2, 0.25) is 0 Å². The number of azo groups is 1. The minimum absolute atomic E-state index is 0.0459. The first-order chi connectivity index (χ1) is 10.7. The highest BCUT2D eigenvalue weighted by atomic mass is 19.4. The summed E-state index contributed by atoms with van der Waals surface area (Å²) in [7, 11) is 1.05. The Morgan fingerprint density at radius 1 is 1.35 bits per heavy atom. The second-order valence-corrected chi connectivity index (χ2v) is 4.00. The number of nitrogens with zero attached hydrogens (tertiary/aromatic N) is 2. The Balaban J connectivity index is 3.06. The molecule has 0 amide bonds. The largest absolute Gasteiger partial charge is 0.573 e. The van der Waals surface area contributed by atoms with Crippen molar-refractivity contribution in [1.29, 1.82) is 0 Å². The summed E-state index contributed by atoms with van der Waals surface area (Å²) in [5.74, 6) is -3.35. The minimum Gasteiger partial charge on any atom is -0.510 e. The van der Waals surface area contributed by atoms with Crippen molar-refractivity contribution in [3.63, 3.8) is 0 Å². The lowest BCUT2D eigenvalue weighted by Gasteiger charge is -2.08. The number of methoxy groups -OCH3 is 1. The molecule has 0 atom stereocenters. The van der Waals surface area contributed by atoms with E-state index in [1.807, 2.05) is 0 Å². The van der Waals surface area contributed by atoms with E-state index in [-0.39, 0.29) is 6.42 Å². The molecular weight excluding hydrogens is 324 g/mol. The zero-order valence-corrected chi connectivity index (χ0v) is 12.0. The van der Waals surface area contributed by atoms with Gasteiger partial charge in [0.15, 0.2) is 5.82 Å². The molecule has 0 heterocycles. The Labute approximate surface area is 128 Å². The van der Waals surface area contributed by atoms with Gasteiger partial charge in [-0.15, -0.1) is 23.4 Å². The van der Waals surface area contributed by atoms with Crippen molar-refractivity contribution in [1.82, 2.24) is 0 Å². The molecule has 1 N–H and O–H groups in total. The third kappa shape index (κ3) is 5.57. The standard InChI is InChI=1S/C13H12F4N2O4/c1-3-10(20)11(12(21)22-2)19-18-9-5-4-7(6-8(9)14)23-13(15,16)17/h4-6,20H,3H2,1-2H3. The Hall–Kier alpha value is -2.65. The molecule has 0 radical (unpaired) electrons. The van der Waals surface area contributed by atoms with Crippen LogP contribution in [0.5, 0.6) is 5.75 Å². The van der Waals surface area contributed by atoms with Gasteiger partial charge in [-0.25, -0.2) is 9.18 Å². The molecule has 10 heteroatoms. The van der Waals surface area contributed by atoms with E-state index in [0.717, 1.165) is 19.2 Å². The van der Waals surface area contributed by atoms with Crippen LogP contribution in [0.25, 0.3) is 0 Å². The number of carbonyl (C=O) groups is 1. The molecule has 0 aliphatic heterocycles. The van der Waals surface area contributed by atoms with Crippen molar-refractivity contribution in [2.24, 2.45) is 10.2 Å². The molecule has 1 aromatic rings. The number of hydrogen-bond donors (Lipinski definition) is 1. The zero-order valence-electron chi connectivity index (χ0n) is 12.0. The van der Waals surface area contributed by atoms with Crippen LogP contribution in [0.15, 0.2) is 39.9 Å². The first-order valence-electron chi connectivity index (χ1n) is 6.15. The lowest BCUT2D eigenvalue weighted by Crippen LogP contribution is -2.17. The summed E-state index contributed by atoms with van der Waals surface area (Å²) in [6.45, 7) is 1.53. The third-order valence-electron chi connectivity index (χ3n) is 2.40. The topological polar surface area (TPSA) is 80.5 Å². The van der Waals surface area contributed by atoms with Gasteiger partial charge in [0.05, 0.1) is 7.11 Å². The average molecular weight is 336 g/mol. The number of rotatable bonds is 5. The zero-order chi connectivity index (χ0) is 17.6. The Bertz CT molecular complexity index is 641. The molecule has 0 fully saturated rings. The molecule has 0 bridgehead atoms. The van der Waals surface area contributed by atoms with Gasteiger partial charge in [0, 0.05) is 12.5 Å². The van der Waals surface area contributed by atoms with E-state index in [1.165, 1.54) is 6.92 Å². The fraction of sp³-hybridized carbons (Fsp3) is 0.308. The second kappa shape index (κ2) is 7.56. The number of esters is 1. The maximum Gasteiger partial charge on any atom is 0.573 e. The lowest BCUT2D eigenvalue weighted by atomic mass is 10.3. The molecule has 1 rings (SSSR count). The molecule has 1 aromatic carbocycles. The van der Waals surface area contributed by atoms with Crippen LogP contribution >= 0.6 is 0 Å². The number of alkyl halides is 3. The van der Waals surface area contributed by atoms with Gasteiger partial charge in [-0.1, -0.05) is 6.92 Å². The highest BCUT2D eigenvalue weighted by Crippen LogP contribution is 2.28. The van der Waals surface area contributed by atoms with Crippen molar-refractivity contribution in [3.05, 3.63) is 35.5 Å². The number of aliphatic hydroxyl groups is 1. The first kappa shape index (κ1) is 18.4. The van der Waals surface area contributed by atoms with Crippen LogP contribution in [0.3, 0.4) is 0 Å². The average Bonchev–Trinajstić information content (AvgIpc) is 2.46. The van der Waals surface area contributed by atoms with Crippen molar-refractivity contribution < 1.29 is 36.9 Å². The first-order valence-corrected chi connectivity index (χ1v) is 6.15. The van der Waals surface area contributed by atoms with Crippen molar-refractivity contribution in [3.8, 4) is 5.75 Å². The Morgan fingerprint density at radius 3 is 2.48 bits per heavy atom. The second-order valence-electron chi connectivity index (χ2n) is 4.00. The van der Waals surface area contributed by atoms with Gasteiger partial charge >= 0.3 is 12.3 Å². The van der Waals surface area contributed by atoms with Gasteiger partial charge in [-0.2, -0.15) is 0 Å². The molecule has 0 aromatic heterocycles. The number of ether oxygens (including phenoxy) is 2. The Kier molecular flexibility index (Phi) is 6.05. The summed E-state index contributed by atoms with van der Waals surface area (Å²) in [5, 5.41) is 16.3. The summed E-state index contributed by atoms with van der Waals surface area (Å²) < 4.78 is 57.6. The Morgan fingerprint density at radius 2 is 2.00 bits per heavy atom. The van der Waals surface area contributed by atoms with Crippen molar-refractivity contribution in [2.75, 3.05) is 7.11 Å². The number of allylic oxidation sites excluding steroid dienone is 1. The van der Waals surface area contributed by atoms with E-state index in [4.69, 9.17) is 0 Å². The molecule has 0 aliphatic carbocycles. The SMILES string of the molecule is CCC(O)=C(N=Nc1ccc(OC(F)(F)F)cc1F)C(=O)OC.